The molecule has 1 heterocycles. The van der Waals surface area contributed by atoms with Crippen molar-refractivity contribution < 1.29 is 0 Å². The fourth-order valence-corrected chi connectivity index (χ4v) is 11.2. The van der Waals surface area contributed by atoms with Crippen LogP contribution in [-0.2, 0) is 5.41 Å². The molecule has 3 atom stereocenters. The van der Waals surface area contributed by atoms with Crippen molar-refractivity contribution in [3.8, 4) is 0 Å². The van der Waals surface area contributed by atoms with E-state index in [0.29, 0.717) is 17.8 Å². The Balaban J connectivity index is 1.11. The predicted octanol–water partition coefficient (Wildman–Crippen LogP) is 13.6. The van der Waals surface area contributed by atoms with Crippen molar-refractivity contribution >= 4 is 75.0 Å². The fourth-order valence-electron chi connectivity index (χ4n) is 9.92. The quantitative estimate of drug-likeness (QED) is 0.162. The van der Waals surface area contributed by atoms with E-state index < -0.39 is 0 Å². The van der Waals surface area contributed by atoms with Gasteiger partial charge in [0.05, 0.1) is 0 Å². The molecule has 4 aliphatic rings. The summed E-state index contributed by atoms with van der Waals surface area (Å²) in [6.07, 6.45) is 22.1. The lowest BCUT2D eigenvalue weighted by Crippen LogP contribution is -2.18. The Hall–Kier alpha value is -5.24. The van der Waals surface area contributed by atoms with Gasteiger partial charge >= 0.3 is 0 Å². The third kappa shape index (κ3) is 3.87. The molecule has 0 spiro atoms. The largest absolute Gasteiger partial charge is 0.135 e. The molecule has 238 valence electrons. The van der Waals surface area contributed by atoms with Crippen molar-refractivity contribution in [2.45, 2.75) is 31.6 Å². The number of benzene rings is 6. The number of allylic oxidation sites excluding steroid dienone is 12. The van der Waals surface area contributed by atoms with Crippen LogP contribution in [0.4, 0.5) is 0 Å². The van der Waals surface area contributed by atoms with E-state index in [0.717, 1.165) is 6.42 Å². The normalized spacial score (nSPS) is 21.8. The molecule has 1 aromatic heterocycles. The van der Waals surface area contributed by atoms with Gasteiger partial charge in [-0.15, -0.1) is 11.3 Å². The first-order valence-electron chi connectivity index (χ1n) is 18.0. The minimum Gasteiger partial charge on any atom is -0.135 e. The van der Waals surface area contributed by atoms with E-state index in [4.69, 9.17) is 0 Å². The van der Waals surface area contributed by atoms with E-state index in [-0.39, 0.29) is 5.41 Å². The van der Waals surface area contributed by atoms with Crippen LogP contribution in [0.1, 0.15) is 48.4 Å². The van der Waals surface area contributed by atoms with Crippen LogP contribution in [0, 0.1) is 11.8 Å². The third-order valence-electron chi connectivity index (χ3n) is 12.3. The van der Waals surface area contributed by atoms with Crippen molar-refractivity contribution in [3.05, 3.63) is 180 Å². The molecule has 0 bridgehead atoms. The van der Waals surface area contributed by atoms with Crippen LogP contribution in [0.2, 0.25) is 0 Å². The van der Waals surface area contributed by atoms with E-state index >= 15 is 0 Å². The van der Waals surface area contributed by atoms with Crippen LogP contribution in [-0.4, -0.2) is 0 Å². The number of hydrogen-bond donors (Lipinski definition) is 0. The second-order valence-corrected chi connectivity index (χ2v) is 16.2. The van der Waals surface area contributed by atoms with Gasteiger partial charge in [-0.2, -0.15) is 0 Å². The van der Waals surface area contributed by atoms with Crippen molar-refractivity contribution in [2.75, 3.05) is 0 Å². The Labute approximate surface area is 296 Å². The molecule has 0 saturated heterocycles. The average Bonchev–Trinajstić information content (AvgIpc) is 3.64. The van der Waals surface area contributed by atoms with E-state index in [1.807, 2.05) is 11.3 Å². The monoisotopic (exact) mass is 656 g/mol. The summed E-state index contributed by atoms with van der Waals surface area (Å²) in [4.78, 5) is 0. The van der Waals surface area contributed by atoms with Gasteiger partial charge in [0.15, 0.2) is 0 Å². The van der Waals surface area contributed by atoms with Gasteiger partial charge in [-0.3, -0.25) is 0 Å². The van der Waals surface area contributed by atoms with Crippen molar-refractivity contribution in [1.29, 1.82) is 0 Å². The summed E-state index contributed by atoms with van der Waals surface area (Å²) < 4.78 is 2.78. The Morgan fingerprint density at radius 1 is 0.600 bits per heavy atom. The second-order valence-electron chi connectivity index (χ2n) is 15.1. The molecular weight excluding hydrogens is 621 g/mol. The molecule has 0 saturated carbocycles. The highest BCUT2D eigenvalue weighted by atomic mass is 32.1. The maximum atomic E-state index is 2.57. The number of fused-ring (bicyclic) bond motifs is 11. The fraction of sp³-hybridized carbons (Fsp3) is 0.143. The van der Waals surface area contributed by atoms with Crippen LogP contribution in [0.25, 0.3) is 63.6 Å². The first-order chi connectivity index (χ1) is 24.6. The molecular formula is C49H36S. The molecule has 7 aromatic rings. The summed E-state index contributed by atoms with van der Waals surface area (Å²) in [7, 11) is 0. The van der Waals surface area contributed by atoms with E-state index in [1.165, 1.54) is 85.9 Å². The van der Waals surface area contributed by atoms with E-state index in [2.05, 4.69) is 166 Å². The zero-order valence-electron chi connectivity index (χ0n) is 28.3. The summed E-state index contributed by atoms with van der Waals surface area (Å²) in [5.41, 5.74) is 10.2. The van der Waals surface area contributed by atoms with Crippen LogP contribution in [0.5, 0.6) is 0 Å². The molecule has 0 aliphatic heterocycles. The van der Waals surface area contributed by atoms with Crippen molar-refractivity contribution in [2.24, 2.45) is 11.8 Å². The zero-order valence-corrected chi connectivity index (χ0v) is 29.1. The number of thiophene rings is 1. The molecule has 50 heavy (non-hydrogen) atoms. The Morgan fingerprint density at radius 2 is 1.28 bits per heavy atom. The lowest BCUT2D eigenvalue weighted by molar-refractivity contribution is 0.615. The average molecular weight is 657 g/mol. The highest BCUT2D eigenvalue weighted by Gasteiger charge is 2.43. The van der Waals surface area contributed by atoms with Crippen molar-refractivity contribution in [3.63, 3.8) is 0 Å². The number of hydrogen-bond acceptors (Lipinski definition) is 1. The maximum Gasteiger partial charge on any atom is 0.0433 e. The Kier molecular flexibility index (Phi) is 5.94. The van der Waals surface area contributed by atoms with Gasteiger partial charge in [0.1, 0.15) is 0 Å². The van der Waals surface area contributed by atoms with Crippen LogP contribution in [0.3, 0.4) is 0 Å². The second kappa shape index (κ2) is 10.4. The molecule has 0 amide bonds. The summed E-state index contributed by atoms with van der Waals surface area (Å²) in [6, 6.07) is 37.0. The molecule has 3 unspecified atom stereocenters. The predicted molar refractivity (Wildman–Crippen MR) is 217 cm³/mol. The van der Waals surface area contributed by atoms with Crippen LogP contribution < -0.4 is 0 Å². The van der Waals surface area contributed by atoms with Gasteiger partial charge in [-0.25, -0.2) is 0 Å². The van der Waals surface area contributed by atoms with Crippen LogP contribution >= 0.6 is 11.3 Å². The van der Waals surface area contributed by atoms with E-state index in [9.17, 15) is 0 Å². The standard InChI is InChI=1S/C49H36S/c1-49(2)43-25-23-31(26-41(43)42-28-40-30(27-44(42)49)22-24-39-33-15-9-10-21-45(33)50-48(39)40)46-35-16-5-7-18-37(35)47(38-19-8-6-17-36(38)46)34-20-11-13-29-12-3-4-14-32(29)34/h3-25,27-29,32,41H,26H2,1-2H3. The lowest BCUT2D eigenvalue weighted by Gasteiger charge is -2.31. The van der Waals surface area contributed by atoms with E-state index in [1.54, 1.807) is 5.57 Å². The number of rotatable bonds is 2. The molecule has 4 aliphatic carbocycles. The van der Waals surface area contributed by atoms with Gasteiger partial charge in [-0.1, -0.05) is 153 Å². The van der Waals surface area contributed by atoms with Gasteiger partial charge in [0.2, 0.25) is 0 Å². The topological polar surface area (TPSA) is 0 Å². The third-order valence-corrected chi connectivity index (χ3v) is 13.5. The minimum absolute atomic E-state index is 0.0151. The Bertz CT molecular complexity index is 2770. The highest BCUT2D eigenvalue weighted by Crippen LogP contribution is 2.57. The summed E-state index contributed by atoms with van der Waals surface area (Å²) in [5, 5.41) is 10.9. The first-order valence-corrected chi connectivity index (χ1v) is 18.8. The SMILES string of the molecule is CC1(C)C2=CC=C(c3c4ccccc4c(C4=CC=CC5C=CC=CC45)c4ccccc34)CC2c2cc3c(ccc4c5ccccc5sc34)cc21. The Morgan fingerprint density at radius 3 is 2.06 bits per heavy atom. The molecule has 0 fully saturated rings. The molecule has 6 aromatic carbocycles. The zero-order chi connectivity index (χ0) is 33.1. The molecule has 0 radical (unpaired) electrons. The molecule has 0 N–H and O–H groups in total. The molecule has 0 nitrogen and oxygen atoms in total. The molecule has 1 heteroatoms. The smallest absolute Gasteiger partial charge is 0.0433 e. The van der Waals surface area contributed by atoms with Gasteiger partial charge in [0, 0.05) is 43.3 Å². The highest BCUT2D eigenvalue weighted by molar-refractivity contribution is 7.26. The van der Waals surface area contributed by atoms with Crippen LogP contribution in [0.15, 0.2) is 157 Å². The molecule has 11 rings (SSSR count). The minimum atomic E-state index is -0.0151. The summed E-state index contributed by atoms with van der Waals surface area (Å²) in [6.45, 7) is 4.88. The van der Waals surface area contributed by atoms with Gasteiger partial charge in [-0.05, 0) is 90.3 Å². The summed E-state index contributed by atoms with van der Waals surface area (Å²) >= 11 is 1.94. The van der Waals surface area contributed by atoms with Gasteiger partial charge in [0.25, 0.3) is 0 Å². The maximum absolute atomic E-state index is 2.57. The lowest BCUT2D eigenvalue weighted by atomic mass is 9.73. The first kappa shape index (κ1) is 28.6. The summed E-state index contributed by atoms with van der Waals surface area (Å²) in [5.74, 6) is 1.11. The van der Waals surface area contributed by atoms with Gasteiger partial charge < -0.3 is 0 Å². The van der Waals surface area contributed by atoms with Crippen molar-refractivity contribution in [1.82, 2.24) is 0 Å².